The zero-order valence-electron chi connectivity index (χ0n) is 18.4. The number of aryl methyl sites for hydroxylation is 1. The highest BCUT2D eigenvalue weighted by Crippen LogP contribution is 2.36. The molecule has 2 aliphatic rings. The summed E-state index contributed by atoms with van der Waals surface area (Å²) in [7, 11) is 0. The highest BCUT2D eigenvalue weighted by molar-refractivity contribution is 6.06. The first-order valence-corrected chi connectivity index (χ1v) is 11.3. The second-order valence-electron chi connectivity index (χ2n) is 8.55. The lowest BCUT2D eigenvalue weighted by atomic mass is 10.1. The van der Waals surface area contributed by atoms with Crippen LogP contribution in [0, 0.1) is 5.82 Å². The molecule has 1 aliphatic heterocycles. The molecule has 7 nitrogen and oxygen atoms in total. The van der Waals surface area contributed by atoms with Crippen molar-refractivity contribution in [2.24, 2.45) is 0 Å². The van der Waals surface area contributed by atoms with Gasteiger partial charge in [0, 0.05) is 29.2 Å². The first kappa shape index (κ1) is 21.3. The molecule has 2 amide bonds. The molecule has 1 fully saturated rings. The molecular formula is C25H26FN5O2. The Morgan fingerprint density at radius 2 is 1.88 bits per heavy atom. The van der Waals surface area contributed by atoms with Gasteiger partial charge in [0.2, 0.25) is 5.95 Å². The molecule has 2 aromatic carbocycles. The maximum Gasteiger partial charge on any atom is 0.330 e. The largest absolute Gasteiger partial charge is 0.393 e. The van der Waals surface area contributed by atoms with Crippen molar-refractivity contribution in [3.63, 3.8) is 0 Å². The summed E-state index contributed by atoms with van der Waals surface area (Å²) in [6.45, 7) is 2.46. The van der Waals surface area contributed by atoms with Crippen molar-refractivity contribution >= 4 is 29.2 Å². The minimum atomic E-state index is -0.427. The number of aromatic nitrogens is 2. The number of nitrogens with one attached hydrogen (secondary N) is 1. The summed E-state index contributed by atoms with van der Waals surface area (Å²) < 4.78 is 13.2. The maximum atomic E-state index is 13.7. The van der Waals surface area contributed by atoms with Crippen LogP contribution in [0.15, 0.2) is 54.7 Å². The number of anilines is 4. The van der Waals surface area contributed by atoms with Gasteiger partial charge in [0.1, 0.15) is 11.6 Å². The van der Waals surface area contributed by atoms with E-state index in [2.05, 4.69) is 22.2 Å². The van der Waals surface area contributed by atoms with Crippen LogP contribution < -0.4 is 15.1 Å². The maximum absolute atomic E-state index is 13.7. The van der Waals surface area contributed by atoms with E-state index in [1.165, 1.54) is 17.7 Å². The number of benzene rings is 2. The van der Waals surface area contributed by atoms with Crippen LogP contribution >= 0.6 is 0 Å². The van der Waals surface area contributed by atoms with Crippen LogP contribution in [0.2, 0.25) is 0 Å². The fraction of sp³-hybridized carbons (Fsp3) is 0.320. The number of aliphatic hydroxyl groups is 1. The first-order valence-electron chi connectivity index (χ1n) is 11.3. The highest BCUT2D eigenvalue weighted by atomic mass is 19.1. The Morgan fingerprint density at radius 3 is 2.55 bits per heavy atom. The average Bonchev–Trinajstić information content (AvgIpc) is 3.26. The standard InChI is InChI=1S/C25H26FN5O2/c1-2-16-3-9-20(10-4-16)30-15-17-14-27-24(28-19-7-5-18(26)6-8-19)29-23(17)31(25(30)33)21-11-12-22(32)13-21/h3-10,14,21-22,32H,2,11-13,15H2,1H3,(H,27,28,29)/t21-,22-/m0/s1. The Morgan fingerprint density at radius 1 is 1.12 bits per heavy atom. The van der Waals surface area contributed by atoms with Gasteiger partial charge in [-0.2, -0.15) is 4.98 Å². The molecule has 1 aromatic heterocycles. The van der Waals surface area contributed by atoms with Crippen LogP contribution in [0.4, 0.5) is 32.3 Å². The van der Waals surface area contributed by atoms with Crippen molar-refractivity contribution < 1.29 is 14.3 Å². The van der Waals surface area contributed by atoms with E-state index < -0.39 is 6.10 Å². The summed E-state index contributed by atoms with van der Waals surface area (Å²) in [5, 5.41) is 13.2. The zero-order valence-corrected chi connectivity index (χ0v) is 18.4. The van der Waals surface area contributed by atoms with Gasteiger partial charge in [-0.15, -0.1) is 0 Å². The number of hydrogen-bond donors (Lipinski definition) is 2. The van der Waals surface area contributed by atoms with Crippen LogP contribution in [0.5, 0.6) is 0 Å². The molecular weight excluding hydrogens is 421 g/mol. The number of hydrogen-bond acceptors (Lipinski definition) is 5. The summed E-state index contributed by atoms with van der Waals surface area (Å²) in [5.41, 5.74) is 3.51. The molecule has 0 radical (unpaired) electrons. The molecule has 0 spiro atoms. The molecule has 5 rings (SSSR count). The SMILES string of the molecule is CCc1ccc(N2Cc3cnc(Nc4ccc(F)cc4)nc3N([C@H]3CC[C@H](O)C3)C2=O)cc1. The molecule has 3 aromatic rings. The van der Waals surface area contributed by atoms with Gasteiger partial charge < -0.3 is 10.4 Å². The predicted octanol–water partition coefficient (Wildman–Crippen LogP) is 4.78. The lowest BCUT2D eigenvalue weighted by molar-refractivity contribution is 0.181. The third-order valence-electron chi connectivity index (χ3n) is 6.33. The van der Waals surface area contributed by atoms with Gasteiger partial charge >= 0.3 is 6.03 Å². The van der Waals surface area contributed by atoms with Crippen molar-refractivity contribution in [2.75, 3.05) is 15.1 Å². The van der Waals surface area contributed by atoms with Crippen LogP contribution in [0.25, 0.3) is 0 Å². The van der Waals surface area contributed by atoms with Gasteiger partial charge in [-0.05, 0) is 67.6 Å². The van der Waals surface area contributed by atoms with Gasteiger partial charge in [0.05, 0.1) is 12.6 Å². The lowest BCUT2D eigenvalue weighted by Gasteiger charge is -2.39. The van der Waals surface area contributed by atoms with Crippen molar-refractivity contribution in [1.82, 2.24) is 9.97 Å². The second kappa shape index (κ2) is 8.78. The number of aliphatic hydroxyl groups excluding tert-OH is 1. The molecule has 0 unspecified atom stereocenters. The van der Waals surface area contributed by atoms with Crippen LogP contribution in [0.1, 0.15) is 37.3 Å². The third-order valence-corrected chi connectivity index (χ3v) is 6.33. The van der Waals surface area contributed by atoms with Gasteiger partial charge in [-0.1, -0.05) is 19.1 Å². The van der Waals surface area contributed by atoms with Crippen molar-refractivity contribution in [2.45, 2.75) is 51.3 Å². The van der Waals surface area contributed by atoms with Gasteiger partial charge in [-0.3, -0.25) is 9.80 Å². The molecule has 33 heavy (non-hydrogen) atoms. The molecule has 1 aliphatic carbocycles. The molecule has 0 bridgehead atoms. The number of halogens is 1. The van der Waals surface area contributed by atoms with E-state index in [1.54, 1.807) is 28.1 Å². The first-order chi connectivity index (χ1) is 16.0. The number of urea groups is 1. The number of fused-ring (bicyclic) bond motifs is 1. The minimum Gasteiger partial charge on any atom is -0.393 e. The Labute approximate surface area is 191 Å². The van der Waals surface area contributed by atoms with Crippen molar-refractivity contribution in [3.8, 4) is 0 Å². The molecule has 170 valence electrons. The summed E-state index contributed by atoms with van der Waals surface area (Å²) in [6.07, 6.45) is 4.11. The molecule has 1 saturated carbocycles. The molecule has 2 atom stereocenters. The summed E-state index contributed by atoms with van der Waals surface area (Å²) in [4.78, 5) is 26.2. The van der Waals surface area contributed by atoms with Crippen LogP contribution in [-0.4, -0.2) is 33.3 Å². The van der Waals surface area contributed by atoms with Crippen LogP contribution in [-0.2, 0) is 13.0 Å². The molecule has 0 saturated heterocycles. The van der Waals surface area contributed by atoms with E-state index in [1.807, 2.05) is 24.3 Å². The molecule has 2 N–H and O–H groups in total. The average molecular weight is 448 g/mol. The highest BCUT2D eigenvalue weighted by Gasteiger charge is 2.40. The van der Waals surface area contributed by atoms with Crippen LogP contribution in [0.3, 0.4) is 0 Å². The fourth-order valence-electron chi connectivity index (χ4n) is 4.51. The van der Waals surface area contributed by atoms with Crippen molar-refractivity contribution in [1.29, 1.82) is 0 Å². The monoisotopic (exact) mass is 447 g/mol. The normalized spacial score (nSPS) is 20.2. The van der Waals surface area contributed by atoms with Gasteiger partial charge in [0.25, 0.3) is 0 Å². The summed E-state index contributed by atoms with van der Waals surface area (Å²) in [6, 6.07) is 13.6. The van der Waals surface area contributed by atoms with E-state index in [4.69, 9.17) is 0 Å². The predicted molar refractivity (Wildman–Crippen MR) is 125 cm³/mol. The van der Waals surface area contributed by atoms with E-state index in [9.17, 15) is 14.3 Å². The van der Waals surface area contributed by atoms with E-state index in [-0.39, 0.29) is 17.9 Å². The molecule has 8 heteroatoms. The van der Waals surface area contributed by atoms with Gasteiger partial charge in [-0.25, -0.2) is 14.2 Å². The fourth-order valence-corrected chi connectivity index (χ4v) is 4.51. The summed E-state index contributed by atoms with van der Waals surface area (Å²) >= 11 is 0. The number of rotatable bonds is 5. The lowest BCUT2D eigenvalue weighted by Crippen LogP contribution is -2.52. The number of carbonyl (C=O) groups is 1. The number of amides is 2. The zero-order chi connectivity index (χ0) is 22.9. The van der Waals surface area contributed by atoms with E-state index in [0.29, 0.717) is 43.3 Å². The quantitative estimate of drug-likeness (QED) is 0.588. The number of carbonyl (C=O) groups excluding carboxylic acids is 1. The Bertz CT molecular complexity index is 1150. The summed E-state index contributed by atoms with van der Waals surface area (Å²) in [5.74, 6) is 0.563. The topological polar surface area (TPSA) is 81.6 Å². The van der Waals surface area contributed by atoms with E-state index in [0.717, 1.165) is 17.7 Å². The minimum absolute atomic E-state index is 0.141. The second-order valence-corrected chi connectivity index (χ2v) is 8.55. The van der Waals surface area contributed by atoms with Gasteiger partial charge in [0.15, 0.2) is 0 Å². The van der Waals surface area contributed by atoms with E-state index >= 15 is 0 Å². The third kappa shape index (κ3) is 4.26. The molecule has 2 heterocycles. The Hall–Kier alpha value is -3.52. The van der Waals surface area contributed by atoms with Crippen molar-refractivity contribution in [3.05, 3.63) is 71.7 Å². The Balaban J connectivity index is 1.50. The Kier molecular flexibility index (Phi) is 5.68. The number of nitrogens with zero attached hydrogens (tertiary/aromatic N) is 4. The smallest absolute Gasteiger partial charge is 0.330 e.